The Bertz CT molecular complexity index is 464. The molecule has 2 rings (SSSR count). The summed E-state index contributed by atoms with van der Waals surface area (Å²) >= 11 is 0. The lowest BCUT2D eigenvalue weighted by atomic mass is 9.84. The summed E-state index contributed by atoms with van der Waals surface area (Å²) in [4.78, 5) is 12.3. The molecule has 1 aromatic rings. The van der Waals surface area contributed by atoms with Gasteiger partial charge in [0.05, 0.1) is 5.92 Å². The minimum atomic E-state index is -0.516. The summed E-state index contributed by atoms with van der Waals surface area (Å²) in [5.74, 6) is -0.907. The van der Waals surface area contributed by atoms with Gasteiger partial charge in [-0.25, -0.2) is 4.39 Å². The van der Waals surface area contributed by atoms with Crippen LogP contribution >= 0.6 is 0 Å². The number of aliphatic hydroxyl groups excluding tert-OH is 1. The van der Waals surface area contributed by atoms with Gasteiger partial charge in [0.2, 0.25) is 5.91 Å². The quantitative estimate of drug-likeness (QED) is 0.890. The number of rotatable bonds is 4. The molecule has 2 N–H and O–H groups in total. The van der Waals surface area contributed by atoms with Gasteiger partial charge in [0, 0.05) is 18.6 Å². The van der Waals surface area contributed by atoms with Crippen LogP contribution in [0.1, 0.15) is 44.1 Å². The van der Waals surface area contributed by atoms with E-state index in [1.807, 2.05) is 0 Å². The van der Waals surface area contributed by atoms with E-state index >= 15 is 0 Å². The largest absolute Gasteiger partial charge is 0.396 e. The molecule has 0 spiro atoms. The molecule has 1 aliphatic carbocycles. The molecule has 4 heteroatoms. The van der Waals surface area contributed by atoms with Crippen LogP contribution in [0.3, 0.4) is 0 Å². The Kier molecular flexibility index (Phi) is 5.12. The SMILES string of the molecule is CC(C(=O)NC1CCCCC1CO)c1ccccc1F. The molecule has 0 radical (unpaired) electrons. The Morgan fingerprint density at radius 1 is 1.40 bits per heavy atom. The van der Waals surface area contributed by atoms with Crippen molar-refractivity contribution >= 4 is 5.91 Å². The molecular weight excluding hydrogens is 257 g/mol. The fraction of sp³-hybridized carbons (Fsp3) is 0.562. The average Bonchev–Trinajstić information content (AvgIpc) is 2.47. The molecule has 0 saturated heterocycles. The van der Waals surface area contributed by atoms with Gasteiger partial charge < -0.3 is 10.4 Å². The number of nitrogens with one attached hydrogen (secondary N) is 1. The zero-order valence-corrected chi connectivity index (χ0v) is 11.8. The Labute approximate surface area is 119 Å². The highest BCUT2D eigenvalue weighted by Crippen LogP contribution is 2.25. The van der Waals surface area contributed by atoms with Crippen LogP contribution in [0.25, 0.3) is 0 Å². The summed E-state index contributed by atoms with van der Waals surface area (Å²) in [7, 11) is 0. The Hall–Kier alpha value is -1.42. The first-order valence-electron chi connectivity index (χ1n) is 7.29. The molecule has 0 aromatic heterocycles. The highest BCUT2D eigenvalue weighted by Gasteiger charge is 2.28. The highest BCUT2D eigenvalue weighted by molar-refractivity contribution is 5.83. The van der Waals surface area contributed by atoms with E-state index in [9.17, 15) is 14.3 Å². The van der Waals surface area contributed by atoms with Gasteiger partial charge in [0.1, 0.15) is 5.82 Å². The van der Waals surface area contributed by atoms with Crippen LogP contribution in [0.5, 0.6) is 0 Å². The summed E-state index contributed by atoms with van der Waals surface area (Å²) in [6, 6.07) is 6.38. The van der Waals surface area contributed by atoms with Gasteiger partial charge in [-0.3, -0.25) is 4.79 Å². The number of hydrogen-bond donors (Lipinski definition) is 2. The van der Waals surface area contributed by atoms with Crippen molar-refractivity contribution in [3.05, 3.63) is 35.6 Å². The van der Waals surface area contributed by atoms with Crippen molar-refractivity contribution in [3.8, 4) is 0 Å². The zero-order chi connectivity index (χ0) is 14.5. The van der Waals surface area contributed by atoms with Crippen molar-refractivity contribution in [2.45, 2.75) is 44.6 Å². The van der Waals surface area contributed by atoms with Crippen LogP contribution < -0.4 is 5.32 Å². The molecule has 20 heavy (non-hydrogen) atoms. The second-order valence-corrected chi connectivity index (χ2v) is 5.59. The van der Waals surface area contributed by atoms with Gasteiger partial charge in [-0.15, -0.1) is 0 Å². The van der Waals surface area contributed by atoms with Crippen LogP contribution in [-0.2, 0) is 4.79 Å². The number of carbonyl (C=O) groups is 1. The first kappa shape index (κ1) is 15.0. The van der Waals surface area contributed by atoms with E-state index in [2.05, 4.69) is 5.32 Å². The molecule has 3 unspecified atom stereocenters. The lowest BCUT2D eigenvalue weighted by molar-refractivity contribution is -0.123. The molecule has 1 aliphatic rings. The predicted molar refractivity (Wildman–Crippen MR) is 75.8 cm³/mol. The molecule has 1 aromatic carbocycles. The molecule has 1 fully saturated rings. The number of aliphatic hydroxyl groups is 1. The fourth-order valence-corrected chi connectivity index (χ4v) is 2.89. The average molecular weight is 279 g/mol. The normalized spacial score (nSPS) is 24.1. The second kappa shape index (κ2) is 6.84. The topological polar surface area (TPSA) is 49.3 Å². The van der Waals surface area contributed by atoms with Crippen molar-refractivity contribution in [3.63, 3.8) is 0 Å². The monoisotopic (exact) mass is 279 g/mol. The lowest BCUT2D eigenvalue weighted by Gasteiger charge is -2.31. The third-order valence-corrected chi connectivity index (χ3v) is 4.24. The Morgan fingerprint density at radius 3 is 2.80 bits per heavy atom. The maximum atomic E-state index is 13.7. The standard InChI is InChI=1S/C16H22FNO2/c1-11(13-7-3-4-8-14(13)17)16(20)18-15-9-5-2-6-12(15)10-19/h3-4,7-8,11-12,15,19H,2,5-6,9-10H2,1H3,(H,18,20). The van der Waals surface area contributed by atoms with E-state index in [-0.39, 0.29) is 30.3 Å². The molecule has 0 bridgehead atoms. The lowest BCUT2D eigenvalue weighted by Crippen LogP contribution is -2.44. The van der Waals surface area contributed by atoms with Gasteiger partial charge in [-0.05, 0) is 31.4 Å². The summed E-state index contributed by atoms with van der Waals surface area (Å²) < 4.78 is 13.7. The van der Waals surface area contributed by atoms with Crippen LogP contribution in [0, 0.1) is 11.7 Å². The Balaban J connectivity index is 2.02. The van der Waals surface area contributed by atoms with Gasteiger partial charge in [0.15, 0.2) is 0 Å². The highest BCUT2D eigenvalue weighted by atomic mass is 19.1. The number of benzene rings is 1. The first-order chi connectivity index (χ1) is 9.63. The van der Waals surface area contributed by atoms with Gasteiger partial charge >= 0.3 is 0 Å². The molecular formula is C16H22FNO2. The molecule has 0 aliphatic heterocycles. The molecule has 0 heterocycles. The minimum absolute atomic E-state index is 0.00970. The fourth-order valence-electron chi connectivity index (χ4n) is 2.89. The van der Waals surface area contributed by atoms with Crippen molar-refractivity contribution in [2.24, 2.45) is 5.92 Å². The van der Waals surface area contributed by atoms with Crippen LogP contribution in [-0.4, -0.2) is 23.7 Å². The van der Waals surface area contributed by atoms with Crippen LogP contribution in [0.15, 0.2) is 24.3 Å². The van der Waals surface area contributed by atoms with Crippen molar-refractivity contribution in [1.29, 1.82) is 0 Å². The van der Waals surface area contributed by atoms with Crippen LogP contribution in [0.4, 0.5) is 4.39 Å². The summed E-state index contributed by atoms with van der Waals surface area (Å²) in [5.41, 5.74) is 0.418. The first-order valence-corrected chi connectivity index (χ1v) is 7.29. The number of carbonyl (C=O) groups excluding carboxylic acids is 1. The number of hydrogen-bond acceptors (Lipinski definition) is 2. The number of amides is 1. The number of halogens is 1. The van der Waals surface area contributed by atoms with E-state index in [1.54, 1.807) is 25.1 Å². The summed E-state index contributed by atoms with van der Waals surface area (Å²) in [6.07, 6.45) is 3.99. The molecule has 3 atom stereocenters. The predicted octanol–water partition coefficient (Wildman–Crippen LogP) is 2.60. The van der Waals surface area contributed by atoms with E-state index in [1.165, 1.54) is 6.07 Å². The van der Waals surface area contributed by atoms with E-state index in [0.29, 0.717) is 5.56 Å². The van der Waals surface area contributed by atoms with E-state index in [0.717, 1.165) is 25.7 Å². The Morgan fingerprint density at radius 2 is 2.10 bits per heavy atom. The third-order valence-electron chi connectivity index (χ3n) is 4.24. The smallest absolute Gasteiger partial charge is 0.227 e. The maximum absolute atomic E-state index is 13.7. The molecule has 3 nitrogen and oxygen atoms in total. The van der Waals surface area contributed by atoms with Crippen molar-refractivity contribution < 1.29 is 14.3 Å². The van der Waals surface area contributed by atoms with E-state index < -0.39 is 5.92 Å². The molecule has 1 saturated carbocycles. The minimum Gasteiger partial charge on any atom is -0.396 e. The third kappa shape index (κ3) is 3.37. The van der Waals surface area contributed by atoms with Crippen LogP contribution in [0.2, 0.25) is 0 Å². The molecule has 110 valence electrons. The summed E-state index contributed by atoms with van der Waals surface area (Å²) in [5, 5.41) is 12.3. The van der Waals surface area contributed by atoms with E-state index in [4.69, 9.17) is 0 Å². The summed E-state index contributed by atoms with van der Waals surface area (Å²) in [6.45, 7) is 1.81. The second-order valence-electron chi connectivity index (χ2n) is 5.59. The maximum Gasteiger partial charge on any atom is 0.227 e. The van der Waals surface area contributed by atoms with Crippen molar-refractivity contribution in [1.82, 2.24) is 5.32 Å². The van der Waals surface area contributed by atoms with Gasteiger partial charge in [0.25, 0.3) is 0 Å². The van der Waals surface area contributed by atoms with Gasteiger partial charge in [-0.1, -0.05) is 31.0 Å². The van der Waals surface area contributed by atoms with Gasteiger partial charge in [-0.2, -0.15) is 0 Å². The zero-order valence-electron chi connectivity index (χ0n) is 11.8. The molecule has 1 amide bonds. The van der Waals surface area contributed by atoms with Crippen molar-refractivity contribution in [2.75, 3.05) is 6.61 Å².